The number of likely N-dealkylation sites (tertiary alicyclic amines) is 1. The molecule has 0 atom stereocenters. The molecule has 0 radical (unpaired) electrons. The Labute approximate surface area is 134 Å². The van der Waals surface area contributed by atoms with Gasteiger partial charge in [0.15, 0.2) is 6.29 Å². The molecule has 23 heavy (non-hydrogen) atoms. The van der Waals surface area contributed by atoms with Gasteiger partial charge in [0, 0.05) is 19.0 Å². The van der Waals surface area contributed by atoms with E-state index in [1.54, 1.807) is 4.68 Å². The van der Waals surface area contributed by atoms with Gasteiger partial charge in [0.2, 0.25) is 5.91 Å². The predicted octanol–water partition coefficient (Wildman–Crippen LogP) is 1.04. The Morgan fingerprint density at radius 2 is 1.91 bits per heavy atom. The standard InChI is InChI=1S/C16H20N4O3/c21-15(11-20-14-4-2-1-3-13(14)17-18-20)19-7-5-12(6-8-19)16-22-9-10-23-16/h1-4,12,16H,5-11H2. The average molecular weight is 316 g/mol. The van der Waals surface area contributed by atoms with Crippen molar-refractivity contribution in [3.63, 3.8) is 0 Å². The number of fused-ring (bicyclic) bond motifs is 1. The molecule has 7 nitrogen and oxygen atoms in total. The molecule has 0 unspecified atom stereocenters. The molecule has 2 aliphatic rings. The zero-order valence-corrected chi connectivity index (χ0v) is 12.9. The summed E-state index contributed by atoms with van der Waals surface area (Å²) in [5.41, 5.74) is 1.71. The van der Waals surface area contributed by atoms with E-state index in [9.17, 15) is 4.79 Å². The number of benzene rings is 1. The Balaban J connectivity index is 1.36. The van der Waals surface area contributed by atoms with E-state index >= 15 is 0 Å². The Kier molecular flexibility index (Phi) is 3.97. The van der Waals surface area contributed by atoms with Gasteiger partial charge in [-0.15, -0.1) is 5.10 Å². The van der Waals surface area contributed by atoms with Crippen LogP contribution in [-0.2, 0) is 20.8 Å². The van der Waals surface area contributed by atoms with Crippen molar-refractivity contribution in [2.24, 2.45) is 5.92 Å². The summed E-state index contributed by atoms with van der Waals surface area (Å²) < 4.78 is 12.8. The lowest BCUT2D eigenvalue weighted by Crippen LogP contribution is -2.42. The van der Waals surface area contributed by atoms with Crippen molar-refractivity contribution in [3.05, 3.63) is 24.3 Å². The number of ether oxygens (including phenoxy) is 2. The first-order valence-electron chi connectivity index (χ1n) is 8.10. The van der Waals surface area contributed by atoms with Gasteiger partial charge in [-0.25, -0.2) is 4.68 Å². The topological polar surface area (TPSA) is 69.5 Å². The third kappa shape index (κ3) is 2.94. The van der Waals surface area contributed by atoms with Crippen LogP contribution in [0.3, 0.4) is 0 Å². The minimum Gasteiger partial charge on any atom is -0.350 e. The van der Waals surface area contributed by atoms with Gasteiger partial charge in [0.05, 0.1) is 18.7 Å². The highest BCUT2D eigenvalue weighted by Gasteiger charge is 2.31. The highest BCUT2D eigenvalue weighted by Crippen LogP contribution is 2.26. The molecule has 1 aromatic carbocycles. The molecule has 0 N–H and O–H groups in total. The third-order valence-corrected chi connectivity index (χ3v) is 4.63. The molecule has 3 heterocycles. The molecule has 2 aliphatic heterocycles. The van der Waals surface area contributed by atoms with Gasteiger partial charge in [0.25, 0.3) is 0 Å². The van der Waals surface area contributed by atoms with Gasteiger partial charge in [-0.1, -0.05) is 17.3 Å². The van der Waals surface area contributed by atoms with Crippen LogP contribution in [0.4, 0.5) is 0 Å². The van der Waals surface area contributed by atoms with Crippen LogP contribution in [0.2, 0.25) is 0 Å². The number of nitrogens with zero attached hydrogens (tertiary/aromatic N) is 4. The van der Waals surface area contributed by atoms with Crippen molar-refractivity contribution in [2.45, 2.75) is 25.7 Å². The number of hydrogen-bond acceptors (Lipinski definition) is 5. The normalized spacial score (nSPS) is 20.4. The summed E-state index contributed by atoms with van der Waals surface area (Å²) in [6.45, 7) is 3.10. The largest absolute Gasteiger partial charge is 0.350 e. The molecule has 0 bridgehead atoms. The van der Waals surface area contributed by atoms with Gasteiger partial charge < -0.3 is 14.4 Å². The van der Waals surface area contributed by atoms with Crippen LogP contribution in [0.15, 0.2) is 24.3 Å². The zero-order chi connectivity index (χ0) is 15.6. The maximum Gasteiger partial charge on any atom is 0.244 e. The minimum absolute atomic E-state index is 0.0773. The molecule has 2 aromatic rings. The van der Waals surface area contributed by atoms with E-state index in [0.717, 1.165) is 37.0 Å². The average Bonchev–Trinajstić information content (AvgIpc) is 3.25. The number of aromatic nitrogens is 3. The van der Waals surface area contributed by atoms with Crippen molar-refractivity contribution in [1.29, 1.82) is 0 Å². The van der Waals surface area contributed by atoms with Crippen molar-refractivity contribution in [3.8, 4) is 0 Å². The SMILES string of the molecule is O=C(Cn1nnc2ccccc21)N1CCC(C2OCCO2)CC1. The molecule has 0 saturated carbocycles. The van der Waals surface area contributed by atoms with Crippen molar-refractivity contribution in [1.82, 2.24) is 19.9 Å². The minimum atomic E-state index is -0.0773. The summed E-state index contributed by atoms with van der Waals surface area (Å²) in [5, 5.41) is 8.18. The van der Waals surface area contributed by atoms with Crippen LogP contribution in [0, 0.1) is 5.92 Å². The van der Waals surface area contributed by atoms with Gasteiger partial charge in [0.1, 0.15) is 12.1 Å². The Morgan fingerprint density at radius 1 is 1.17 bits per heavy atom. The van der Waals surface area contributed by atoms with Crippen LogP contribution in [0.5, 0.6) is 0 Å². The second-order valence-corrected chi connectivity index (χ2v) is 6.06. The van der Waals surface area contributed by atoms with Gasteiger partial charge in [-0.2, -0.15) is 0 Å². The van der Waals surface area contributed by atoms with Crippen molar-refractivity contribution in [2.75, 3.05) is 26.3 Å². The quantitative estimate of drug-likeness (QED) is 0.846. The van der Waals surface area contributed by atoms with Crippen LogP contribution in [0.25, 0.3) is 11.0 Å². The van der Waals surface area contributed by atoms with E-state index in [1.165, 1.54) is 0 Å². The highest BCUT2D eigenvalue weighted by molar-refractivity contribution is 5.79. The summed E-state index contributed by atoms with van der Waals surface area (Å²) >= 11 is 0. The highest BCUT2D eigenvalue weighted by atomic mass is 16.7. The molecular weight excluding hydrogens is 296 g/mol. The number of para-hydroxylation sites is 1. The first kappa shape index (κ1) is 14.6. The molecule has 2 saturated heterocycles. The summed E-state index contributed by atoms with van der Waals surface area (Å²) in [4.78, 5) is 14.4. The molecule has 1 aromatic heterocycles. The van der Waals surface area contributed by atoms with Crippen LogP contribution in [-0.4, -0.2) is 58.4 Å². The second kappa shape index (κ2) is 6.25. The maximum absolute atomic E-state index is 12.5. The van der Waals surface area contributed by atoms with Gasteiger partial charge in [-0.05, 0) is 25.0 Å². The molecule has 7 heteroatoms. The third-order valence-electron chi connectivity index (χ3n) is 4.63. The number of carbonyl (C=O) groups excluding carboxylic acids is 1. The molecule has 122 valence electrons. The van der Waals surface area contributed by atoms with E-state index in [-0.39, 0.29) is 18.7 Å². The van der Waals surface area contributed by atoms with Gasteiger partial charge >= 0.3 is 0 Å². The number of rotatable bonds is 3. The smallest absolute Gasteiger partial charge is 0.244 e. The lowest BCUT2D eigenvalue weighted by Gasteiger charge is -2.33. The molecule has 0 aliphatic carbocycles. The lowest BCUT2D eigenvalue weighted by atomic mass is 9.96. The Bertz CT molecular complexity index is 687. The fourth-order valence-electron chi connectivity index (χ4n) is 3.33. The summed E-state index contributed by atoms with van der Waals surface area (Å²) in [5.74, 6) is 0.487. The van der Waals surface area contributed by atoms with E-state index in [2.05, 4.69) is 10.3 Å². The second-order valence-electron chi connectivity index (χ2n) is 6.06. The van der Waals surface area contributed by atoms with E-state index in [4.69, 9.17) is 9.47 Å². The number of amides is 1. The first-order valence-corrected chi connectivity index (χ1v) is 8.10. The van der Waals surface area contributed by atoms with E-state index in [0.29, 0.717) is 19.1 Å². The fourth-order valence-corrected chi connectivity index (χ4v) is 3.33. The predicted molar refractivity (Wildman–Crippen MR) is 82.5 cm³/mol. The number of piperidine rings is 1. The van der Waals surface area contributed by atoms with Crippen LogP contribution < -0.4 is 0 Å². The van der Waals surface area contributed by atoms with Crippen LogP contribution in [0.1, 0.15) is 12.8 Å². The number of carbonyl (C=O) groups is 1. The zero-order valence-electron chi connectivity index (χ0n) is 12.9. The lowest BCUT2D eigenvalue weighted by molar-refractivity contribution is -0.137. The van der Waals surface area contributed by atoms with Crippen molar-refractivity contribution < 1.29 is 14.3 Å². The maximum atomic E-state index is 12.5. The Morgan fingerprint density at radius 3 is 2.70 bits per heavy atom. The van der Waals surface area contributed by atoms with Crippen LogP contribution >= 0.6 is 0 Å². The number of hydrogen-bond donors (Lipinski definition) is 0. The molecular formula is C16H20N4O3. The summed E-state index contributed by atoms with van der Waals surface area (Å²) in [6.07, 6.45) is 1.77. The Hall–Kier alpha value is -1.99. The first-order chi connectivity index (χ1) is 11.3. The molecule has 0 spiro atoms. The van der Waals surface area contributed by atoms with E-state index < -0.39 is 0 Å². The monoisotopic (exact) mass is 316 g/mol. The summed E-state index contributed by atoms with van der Waals surface area (Å²) in [7, 11) is 0. The molecule has 2 fully saturated rings. The summed E-state index contributed by atoms with van der Waals surface area (Å²) in [6, 6.07) is 7.68. The van der Waals surface area contributed by atoms with Gasteiger partial charge in [-0.3, -0.25) is 4.79 Å². The van der Waals surface area contributed by atoms with Crippen molar-refractivity contribution >= 4 is 16.9 Å². The fraction of sp³-hybridized carbons (Fsp3) is 0.562. The molecule has 4 rings (SSSR count). The molecule has 1 amide bonds. The van der Waals surface area contributed by atoms with E-state index in [1.807, 2.05) is 29.2 Å².